The number of fused-ring (bicyclic) bond motifs is 1. The standard InChI is InChI=1S/C12H24N2O2S/c1-17(15,16)10-4-7-13-6-3-9-14-8-2-5-12(14)11-13/h12H,2-11H2,1H3. The van der Waals surface area contributed by atoms with Gasteiger partial charge in [0, 0.05) is 18.8 Å². The highest BCUT2D eigenvalue weighted by atomic mass is 32.2. The van der Waals surface area contributed by atoms with Gasteiger partial charge in [0.05, 0.1) is 5.75 Å². The lowest BCUT2D eigenvalue weighted by Crippen LogP contribution is -2.37. The van der Waals surface area contributed by atoms with Gasteiger partial charge in [-0.3, -0.25) is 4.90 Å². The third-order valence-electron chi connectivity index (χ3n) is 3.88. The molecule has 17 heavy (non-hydrogen) atoms. The average Bonchev–Trinajstić information content (AvgIpc) is 2.56. The monoisotopic (exact) mass is 260 g/mol. The summed E-state index contributed by atoms with van der Waals surface area (Å²) < 4.78 is 22.2. The van der Waals surface area contributed by atoms with Crippen molar-refractivity contribution in [2.45, 2.75) is 31.7 Å². The van der Waals surface area contributed by atoms with Crippen LogP contribution in [0.2, 0.25) is 0 Å². The number of nitrogens with zero attached hydrogens (tertiary/aromatic N) is 2. The Labute approximate surface area is 105 Å². The van der Waals surface area contributed by atoms with Gasteiger partial charge in [0.15, 0.2) is 0 Å². The summed E-state index contributed by atoms with van der Waals surface area (Å²) in [5.41, 5.74) is 0. The Morgan fingerprint density at radius 3 is 2.71 bits per heavy atom. The highest BCUT2D eigenvalue weighted by Crippen LogP contribution is 2.21. The Hall–Kier alpha value is -0.130. The van der Waals surface area contributed by atoms with Crippen molar-refractivity contribution in [1.82, 2.24) is 9.80 Å². The van der Waals surface area contributed by atoms with E-state index in [4.69, 9.17) is 0 Å². The molecule has 2 aliphatic rings. The minimum Gasteiger partial charge on any atom is -0.302 e. The van der Waals surface area contributed by atoms with E-state index in [0.717, 1.165) is 32.1 Å². The van der Waals surface area contributed by atoms with Gasteiger partial charge in [0.25, 0.3) is 0 Å². The molecule has 2 rings (SSSR count). The fraction of sp³-hybridized carbons (Fsp3) is 1.00. The smallest absolute Gasteiger partial charge is 0.147 e. The van der Waals surface area contributed by atoms with E-state index in [1.807, 2.05) is 0 Å². The molecule has 0 N–H and O–H groups in total. The third kappa shape index (κ3) is 4.23. The maximum Gasteiger partial charge on any atom is 0.147 e. The van der Waals surface area contributed by atoms with Gasteiger partial charge in [-0.15, -0.1) is 0 Å². The lowest BCUT2D eigenvalue weighted by molar-refractivity contribution is 0.220. The molecule has 2 fully saturated rings. The molecule has 0 aromatic carbocycles. The first-order chi connectivity index (χ1) is 8.04. The van der Waals surface area contributed by atoms with Crippen LogP contribution in [0.4, 0.5) is 0 Å². The molecule has 0 saturated carbocycles. The van der Waals surface area contributed by atoms with Gasteiger partial charge >= 0.3 is 0 Å². The summed E-state index contributed by atoms with van der Waals surface area (Å²) in [6.07, 6.45) is 6.00. The summed E-state index contributed by atoms with van der Waals surface area (Å²) >= 11 is 0. The van der Waals surface area contributed by atoms with E-state index >= 15 is 0 Å². The van der Waals surface area contributed by atoms with Gasteiger partial charge in [0.1, 0.15) is 9.84 Å². The van der Waals surface area contributed by atoms with Crippen LogP contribution in [0.1, 0.15) is 25.7 Å². The van der Waals surface area contributed by atoms with Crippen LogP contribution in [-0.2, 0) is 9.84 Å². The molecule has 0 spiro atoms. The first kappa shape index (κ1) is 13.3. The zero-order valence-electron chi connectivity index (χ0n) is 10.8. The molecule has 0 aliphatic carbocycles. The first-order valence-electron chi connectivity index (χ1n) is 6.69. The summed E-state index contributed by atoms with van der Waals surface area (Å²) in [7, 11) is -2.79. The summed E-state index contributed by atoms with van der Waals surface area (Å²) in [6, 6.07) is 0.732. The maximum absolute atomic E-state index is 11.1. The Morgan fingerprint density at radius 1 is 1.18 bits per heavy atom. The quantitative estimate of drug-likeness (QED) is 0.742. The van der Waals surface area contributed by atoms with Crippen molar-refractivity contribution in [3.63, 3.8) is 0 Å². The fourth-order valence-corrected chi connectivity index (χ4v) is 3.69. The van der Waals surface area contributed by atoms with Crippen molar-refractivity contribution in [3.8, 4) is 0 Å². The van der Waals surface area contributed by atoms with Gasteiger partial charge in [-0.05, 0) is 51.9 Å². The lowest BCUT2D eigenvalue weighted by atomic mass is 10.2. The highest BCUT2D eigenvalue weighted by molar-refractivity contribution is 7.90. The highest BCUT2D eigenvalue weighted by Gasteiger charge is 2.28. The van der Waals surface area contributed by atoms with Crippen LogP contribution in [0.25, 0.3) is 0 Å². The average molecular weight is 260 g/mol. The van der Waals surface area contributed by atoms with Gasteiger partial charge in [0.2, 0.25) is 0 Å². The van der Waals surface area contributed by atoms with Crippen LogP contribution in [0.3, 0.4) is 0 Å². The molecule has 2 aliphatic heterocycles. The van der Waals surface area contributed by atoms with E-state index in [1.54, 1.807) is 0 Å². The third-order valence-corrected chi connectivity index (χ3v) is 4.91. The molecule has 5 heteroatoms. The van der Waals surface area contributed by atoms with E-state index in [9.17, 15) is 8.42 Å². The molecule has 2 saturated heterocycles. The molecule has 0 aromatic heterocycles. The van der Waals surface area contributed by atoms with Crippen LogP contribution in [0.15, 0.2) is 0 Å². The van der Waals surface area contributed by atoms with E-state index in [1.165, 1.54) is 38.6 Å². The Bertz CT molecular complexity index is 342. The molecule has 0 amide bonds. The van der Waals surface area contributed by atoms with E-state index < -0.39 is 9.84 Å². The number of hydrogen-bond acceptors (Lipinski definition) is 4. The van der Waals surface area contributed by atoms with E-state index in [0.29, 0.717) is 5.75 Å². The minimum absolute atomic E-state index is 0.331. The normalized spacial score (nSPS) is 27.9. The molecule has 0 aromatic rings. The summed E-state index contributed by atoms with van der Waals surface area (Å²) in [5.74, 6) is 0.331. The number of rotatable bonds is 4. The zero-order chi connectivity index (χ0) is 12.3. The van der Waals surface area contributed by atoms with Crippen molar-refractivity contribution in [2.24, 2.45) is 0 Å². The van der Waals surface area contributed by atoms with Crippen LogP contribution < -0.4 is 0 Å². The topological polar surface area (TPSA) is 40.6 Å². The zero-order valence-corrected chi connectivity index (χ0v) is 11.6. The molecule has 1 atom stereocenters. The summed E-state index contributed by atoms with van der Waals surface area (Å²) in [6.45, 7) is 5.72. The predicted octanol–water partition coefficient (Wildman–Crippen LogP) is 0.591. The number of sulfone groups is 1. The van der Waals surface area contributed by atoms with E-state index in [-0.39, 0.29) is 0 Å². The Morgan fingerprint density at radius 2 is 1.94 bits per heavy atom. The van der Waals surface area contributed by atoms with Gasteiger partial charge < -0.3 is 4.90 Å². The van der Waals surface area contributed by atoms with E-state index in [2.05, 4.69) is 9.80 Å². The molecule has 0 bridgehead atoms. The van der Waals surface area contributed by atoms with Crippen molar-refractivity contribution in [1.29, 1.82) is 0 Å². The van der Waals surface area contributed by atoms with Crippen molar-refractivity contribution in [2.75, 3.05) is 44.7 Å². The predicted molar refractivity (Wildman–Crippen MR) is 70.0 cm³/mol. The minimum atomic E-state index is -2.79. The SMILES string of the molecule is CS(=O)(=O)CCCN1CCCN2CCCC2C1. The lowest BCUT2D eigenvalue weighted by Gasteiger charge is -2.25. The molecular formula is C12H24N2O2S. The molecule has 0 radical (unpaired) electrons. The molecule has 1 unspecified atom stereocenters. The van der Waals surface area contributed by atoms with Crippen LogP contribution in [0, 0.1) is 0 Å². The summed E-state index contributed by atoms with van der Waals surface area (Å²) in [5, 5.41) is 0. The molecular weight excluding hydrogens is 236 g/mol. The second kappa shape index (κ2) is 5.67. The maximum atomic E-state index is 11.1. The second-order valence-electron chi connectivity index (χ2n) is 5.47. The first-order valence-corrected chi connectivity index (χ1v) is 8.75. The van der Waals surface area contributed by atoms with Crippen LogP contribution in [0.5, 0.6) is 0 Å². The fourth-order valence-electron chi connectivity index (χ4n) is 3.04. The Balaban J connectivity index is 1.77. The molecule has 4 nitrogen and oxygen atoms in total. The van der Waals surface area contributed by atoms with Gasteiger partial charge in [-0.25, -0.2) is 8.42 Å². The summed E-state index contributed by atoms with van der Waals surface area (Å²) in [4.78, 5) is 5.07. The van der Waals surface area contributed by atoms with Crippen molar-refractivity contribution in [3.05, 3.63) is 0 Å². The number of hydrogen-bond donors (Lipinski definition) is 0. The molecule has 2 heterocycles. The van der Waals surface area contributed by atoms with Crippen LogP contribution >= 0.6 is 0 Å². The van der Waals surface area contributed by atoms with Crippen LogP contribution in [-0.4, -0.2) is 69.0 Å². The molecule has 100 valence electrons. The largest absolute Gasteiger partial charge is 0.302 e. The van der Waals surface area contributed by atoms with Gasteiger partial charge in [-0.2, -0.15) is 0 Å². The van der Waals surface area contributed by atoms with Gasteiger partial charge in [-0.1, -0.05) is 0 Å². The van der Waals surface area contributed by atoms with Crippen molar-refractivity contribution >= 4 is 9.84 Å². The Kier molecular flexibility index (Phi) is 4.44. The second-order valence-corrected chi connectivity index (χ2v) is 7.73. The van der Waals surface area contributed by atoms with Crippen molar-refractivity contribution < 1.29 is 8.42 Å².